The van der Waals surface area contributed by atoms with Crippen molar-refractivity contribution in [3.63, 3.8) is 0 Å². The molecule has 28 heavy (non-hydrogen) atoms. The van der Waals surface area contributed by atoms with Crippen LogP contribution in [0, 0.1) is 0 Å². The number of unbranched alkanes of at least 4 members (excludes halogenated alkanes) is 2. The van der Waals surface area contributed by atoms with Gasteiger partial charge in [0.1, 0.15) is 24.6 Å². The molecule has 0 amide bonds. The highest BCUT2D eigenvalue weighted by Gasteiger charge is 2.45. The van der Waals surface area contributed by atoms with Gasteiger partial charge >= 0.3 is 0 Å². The van der Waals surface area contributed by atoms with Crippen LogP contribution in [0.15, 0.2) is 27.3 Å². The van der Waals surface area contributed by atoms with E-state index in [0.717, 1.165) is 44.3 Å². The maximum atomic E-state index is 6.18. The predicted octanol–water partition coefficient (Wildman–Crippen LogP) is 4.55. The van der Waals surface area contributed by atoms with E-state index in [1.807, 2.05) is 16.9 Å². The molecule has 0 spiro atoms. The van der Waals surface area contributed by atoms with Crippen molar-refractivity contribution in [2.24, 2.45) is 0 Å². The van der Waals surface area contributed by atoms with Crippen LogP contribution in [0.1, 0.15) is 50.0 Å². The van der Waals surface area contributed by atoms with Crippen molar-refractivity contribution in [3.8, 4) is 0 Å². The van der Waals surface area contributed by atoms with Crippen molar-refractivity contribution in [2.75, 3.05) is 6.61 Å². The van der Waals surface area contributed by atoms with Gasteiger partial charge in [-0.3, -0.25) is 4.57 Å². The Hall–Kier alpha value is -1.29. The molecule has 1 aromatic carbocycles. The minimum atomic E-state index is -0.209. The molecule has 148 valence electrons. The zero-order valence-corrected chi connectivity index (χ0v) is 18.7. The molecule has 3 atom stereocenters. The number of imidazole rings is 1. The number of fused-ring (bicyclic) bond motifs is 5. The van der Waals surface area contributed by atoms with Gasteiger partial charge < -0.3 is 9.47 Å². The van der Waals surface area contributed by atoms with E-state index < -0.39 is 0 Å². The van der Waals surface area contributed by atoms with Gasteiger partial charge in [-0.25, -0.2) is 9.67 Å². The summed E-state index contributed by atoms with van der Waals surface area (Å²) in [5.74, 6) is 0.890. The van der Waals surface area contributed by atoms with Crippen LogP contribution in [0.25, 0.3) is 11.0 Å². The van der Waals surface area contributed by atoms with E-state index >= 15 is 0 Å². The van der Waals surface area contributed by atoms with Crippen LogP contribution in [-0.2, 0) is 22.5 Å². The van der Waals surface area contributed by atoms with Crippen LogP contribution in [0.4, 0.5) is 0 Å². The first-order valence-corrected chi connectivity index (χ1v) is 11.2. The number of aryl methyl sites for hydroxylation is 1. The lowest BCUT2D eigenvalue weighted by Crippen LogP contribution is -2.35. The monoisotopic (exact) mass is 509 g/mol. The molecule has 9 heteroatoms. The third-order valence-electron chi connectivity index (χ3n) is 5.50. The molecule has 1 fully saturated rings. The Morgan fingerprint density at radius 2 is 2.04 bits per heavy atom. The minimum Gasteiger partial charge on any atom is -0.363 e. The van der Waals surface area contributed by atoms with Crippen LogP contribution in [0.3, 0.4) is 0 Å². The highest BCUT2D eigenvalue weighted by atomic mass is 79.9. The van der Waals surface area contributed by atoms with Gasteiger partial charge in [0, 0.05) is 15.1 Å². The Balaban J connectivity index is 1.43. The minimum absolute atomic E-state index is 0.0157. The zero-order chi connectivity index (χ0) is 19.3. The fourth-order valence-electron chi connectivity index (χ4n) is 4.06. The molecule has 0 N–H and O–H groups in total. The van der Waals surface area contributed by atoms with Gasteiger partial charge in [0.15, 0.2) is 6.23 Å². The van der Waals surface area contributed by atoms with Gasteiger partial charge in [-0.15, -0.1) is 5.10 Å². The quantitative estimate of drug-likeness (QED) is 0.471. The number of aromatic nitrogens is 5. The van der Waals surface area contributed by atoms with Gasteiger partial charge in [-0.05, 0) is 56.8 Å². The lowest BCUT2D eigenvalue weighted by Gasteiger charge is -2.29. The van der Waals surface area contributed by atoms with Gasteiger partial charge in [0.25, 0.3) is 0 Å². The number of ether oxygens (including phenoxy) is 2. The Morgan fingerprint density at radius 3 is 2.89 bits per heavy atom. The normalized spacial score (nSPS) is 23.9. The van der Waals surface area contributed by atoms with Gasteiger partial charge in [-0.1, -0.05) is 25.0 Å². The molecule has 0 aliphatic carbocycles. The van der Waals surface area contributed by atoms with Crippen LogP contribution < -0.4 is 0 Å². The molecule has 3 aromatic rings. The Bertz CT molecular complexity index is 1020. The van der Waals surface area contributed by atoms with Crippen molar-refractivity contribution in [3.05, 3.63) is 38.8 Å². The summed E-state index contributed by atoms with van der Waals surface area (Å²) < 4.78 is 18.4. The Morgan fingerprint density at radius 1 is 1.18 bits per heavy atom. The van der Waals surface area contributed by atoms with Crippen LogP contribution in [0.5, 0.6) is 0 Å². The molecule has 0 unspecified atom stereocenters. The number of hydrogen-bond donors (Lipinski definition) is 0. The van der Waals surface area contributed by atoms with E-state index in [4.69, 9.17) is 14.5 Å². The van der Waals surface area contributed by atoms with Crippen molar-refractivity contribution in [2.45, 2.75) is 57.6 Å². The van der Waals surface area contributed by atoms with E-state index in [9.17, 15) is 0 Å². The summed E-state index contributed by atoms with van der Waals surface area (Å²) in [5.41, 5.74) is 3.01. The first kappa shape index (κ1) is 18.7. The fraction of sp³-hybridized carbons (Fsp3) is 0.526. The SMILES string of the molecule is CCCCCc1cn([C@H]2CO[C@H]3[C@@H]2OCc2nc4cc(Br)c(Br)cc4n23)nn1. The Labute approximate surface area is 179 Å². The van der Waals surface area contributed by atoms with E-state index in [0.29, 0.717) is 13.2 Å². The summed E-state index contributed by atoms with van der Waals surface area (Å²) in [4.78, 5) is 4.73. The molecule has 7 nitrogen and oxygen atoms in total. The number of rotatable bonds is 5. The lowest BCUT2D eigenvalue weighted by atomic mass is 10.1. The maximum absolute atomic E-state index is 6.18. The standard InChI is InChI=1S/C19H21Br2N5O2/c1-2-3-4-5-11-8-25(24-23-11)16-9-28-19-18(16)27-10-17-22-14-6-12(20)13(21)7-15(14)26(17)19/h6-8,16,18-19H,2-5,9-10H2,1H3/t16-,18+,19-/m0/s1. The van der Waals surface area contributed by atoms with Crippen molar-refractivity contribution in [1.29, 1.82) is 0 Å². The van der Waals surface area contributed by atoms with Crippen LogP contribution in [-0.4, -0.2) is 37.3 Å². The third kappa shape index (κ3) is 3.12. The second-order valence-electron chi connectivity index (χ2n) is 7.37. The van der Waals surface area contributed by atoms with Crippen LogP contribution >= 0.6 is 31.9 Å². The number of nitrogens with zero attached hydrogens (tertiary/aromatic N) is 5. The zero-order valence-electron chi connectivity index (χ0n) is 15.5. The largest absolute Gasteiger partial charge is 0.363 e. The smallest absolute Gasteiger partial charge is 0.164 e. The average Bonchev–Trinajstić information content (AvgIpc) is 3.38. The molecule has 5 rings (SSSR count). The van der Waals surface area contributed by atoms with Gasteiger partial charge in [-0.2, -0.15) is 0 Å². The van der Waals surface area contributed by atoms with Crippen molar-refractivity contribution in [1.82, 2.24) is 24.5 Å². The van der Waals surface area contributed by atoms with Crippen molar-refractivity contribution < 1.29 is 9.47 Å². The summed E-state index contributed by atoms with van der Waals surface area (Å²) in [6.07, 6.45) is 6.26. The summed E-state index contributed by atoms with van der Waals surface area (Å²) in [6.45, 7) is 3.21. The second-order valence-corrected chi connectivity index (χ2v) is 9.08. The molecule has 1 saturated heterocycles. The predicted molar refractivity (Wildman–Crippen MR) is 111 cm³/mol. The fourth-order valence-corrected chi connectivity index (χ4v) is 4.72. The molecule has 4 heterocycles. The van der Waals surface area contributed by atoms with Crippen LogP contribution in [0.2, 0.25) is 0 Å². The maximum Gasteiger partial charge on any atom is 0.164 e. The molecule has 0 radical (unpaired) electrons. The molecule has 0 saturated carbocycles. The topological polar surface area (TPSA) is 67.0 Å². The van der Waals surface area contributed by atoms with E-state index in [1.165, 1.54) is 12.8 Å². The summed E-state index contributed by atoms with van der Waals surface area (Å²) in [5, 5.41) is 8.71. The van der Waals surface area contributed by atoms with E-state index in [-0.39, 0.29) is 18.4 Å². The number of halogens is 2. The van der Waals surface area contributed by atoms with Gasteiger partial charge in [0.2, 0.25) is 0 Å². The first-order valence-electron chi connectivity index (χ1n) is 9.65. The lowest BCUT2D eigenvalue weighted by molar-refractivity contribution is -0.0864. The second kappa shape index (κ2) is 7.51. The highest BCUT2D eigenvalue weighted by molar-refractivity contribution is 9.13. The molecule has 2 aliphatic rings. The van der Waals surface area contributed by atoms with E-state index in [1.54, 1.807) is 0 Å². The number of benzene rings is 1. The third-order valence-corrected chi connectivity index (χ3v) is 7.34. The molecular formula is C19H21Br2N5O2. The van der Waals surface area contributed by atoms with E-state index in [2.05, 4.69) is 59.7 Å². The molecule has 0 bridgehead atoms. The molecular weight excluding hydrogens is 490 g/mol. The van der Waals surface area contributed by atoms with Gasteiger partial charge in [0.05, 0.1) is 23.3 Å². The first-order chi connectivity index (χ1) is 13.7. The van der Waals surface area contributed by atoms with Crippen molar-refractivity contribution >= 4 is 42.9 Å². The highest BCUT2D eigenvalue weighted by Crippen LogP contribution is 2.41. The summed E-state index contributed by atoms with van der Waals surface area (Å²) >= 11 is 7.15. The molecule has 2 aromatic heterocycles. The Kier molecular flexibility index (Phi) is 5.02. The average molecular weight is 511 g/mol. The molecule has 2 aliphatic heterocycles. The summed E-state index contributed by atoms with van der Waals surface area (Å²) in [6, 6.07) is 4.12. The number of hydrogen-bond acceptors (Lipinski definition) is 5. The summed E-state index contributed by atoms with van der Waals surface area (Å²) in [7, 11) is 0.